The molecule has 1 aliphatic carbocycles. The van der Waals surface area contributed by atoms with Crippen molar-refractivity contribution >= 4 is 23.2 Å². The molecule has 1 atom stereocenters. The fourth-order valence-corrected chi connectivity index (χ4v) is 4.30. The maximum Gasteiger partial charge on any atom is 0.309 e. The summed E-state index contributed by atoms with van der Waals surface area (Å²) in [5, 5.41) is 14.1. The van der Waals surface area contributed by atoms with Crippen LogP contribution in [-0.4, -0.2) is 34.7 Å². The molecule has 0 aromatic carbocycles. The van der Waals surface area contributed by atoms with Crippen LogP contribution in [0.15, 0.2) is 34.5 Å². The molecule has 0 bridgehead atoms. The number of hydrogen-bond acceptors (Lipinski definition) is 4. The van der Waals surface area contributed by atoms with Crippen LogP contribution in [0, 0.1) is 13.8 Å². The molecule has 3 rings (SSSR count). The average Bonchev–Trinajstić information content (AvgIpc) is 3.33. The molecule has 0 aliphatic heterocycles. The highest BCUT2D eigenvalue weighted by molar-refractivity contribution is 7.08. The molecule has 28 heavy (non-hydrogen) atoms. The number of thiophene rings is 1. The molecule has 2 amide bonds. The first-order valence-corrected chi connectivity index (χ1v) is 10.8. The molecule has 2 aromatic heterocycles. The first-order valence-electron chi connectivity index (χ1n) is 9.83. The fraction of sp³-hybridized carbons (Fsp3) is 0.476. The smallest absolute Gasteiger partial charge is 0.309 e. The topological polar surface area (TPSA) is 76.0 Å². The summed E-state index contributed by atoms with van der Waals surface area (Å²) in [4.78, 5) is 24.4. The van der Waals surface area contributed by atoms with E-state index in [1.54, 1.807) is 11.3 Å². The number of hydrogen-bond donors (Lipinski definition) is 2. The average molecular weight is 401 g/mol. The van der Waals surface area contributed by atoms with Gasteiger partial charge in [0.25, 0.3) is 0 Å². The summed E-state index contributed by atoms with van der Waals surface area (Å²) in [5.74, 6) is -1.17. The number of aryl methyl sites for hydroxylation is 2. The number of aromatic nitrogens is 2. The largest absolute Gasteiger partial charge is 0.348 e. The van der Waals surface area contributed by atoms with Crippen molar-refractivity contribution in [2.24, 2.45) is 0 Å². The van der Waals surface area contributed by atoms with Crippen molar-refractivity contribution < 1.29 is 9.59 Å². The van der Waals surface area contributed by atoms with Gasteiger partial charge in [0.05, 0.1) is 11.7 Å². The lowest BCUT2D eigenvalue weighted by Crippen LogP contribution is -2.42. The van der Waals surface area contributed by atoms with Gasteiger partial charge in [0.1, 0.15) is 0 Å². The number of carbonyl (C=O) groups excluding carboxylic acids is 2. The Balaban J connectivity index is 1.54. The van der Waals surface area contributed by atoms with Gasteiger partial charge in [-0.25, -0.2) is 0 Å². The van der Waals surface area contributed by atoms with Gasteiger partial charge in [-0.1, -0.05) is 11.6 Å². The monoisotopic (exact) mass is 400 g/mol. The molecule has 0 radical (unpaired) electrons. The highest BCUT2D eigenvalue weighted by atomic mass is 32.1. The summed E-state index contributed by atoms with van der Waals surface area (Å²) in [5.41, 5.74) is 4.40. The van der Waals surface area contributed by atoms with E-state index in [1.165, 1.54) is 18.4 Å². The Hall–Kier alpha value is -2.41. The summed E-state index contributed by atoms with van der Waals surface area (Å²) in [6, 6.07) is 3.90. The molecule has 7 heteroatoms. The van der Waals surface area contributed by atoms with Gasteiger partial charge in [0.15, 0.2) is 0 Å². The van der Waals surface area contributed by atoms with Crippen LogP contribution in [-0.2, 0) is 9.59 Å². The third-order valence-electron chi connectivity index (χ3n) is 5.05. The SMILES string of the molecule is Cc1cc(C)n([C@@H](CNC(=O)C(=O)NCCC2=CCCCC2)c2ccsc2)n1. The van der Waals surface area contributed by atoms with Gasteiger partial charge in [-0.05, 0) is 74.4 Å². The van der Waals surface area contributed by atoms with Gasteiger partial charge in [0, 0.05) is 18.8 Å². The Labute approximate surface area is 170 Å². The number of amides is 2. The normalized spacial score (nSPS) is 15.0. The molecule has 0 saturated carbocycles. The minimum absolute atomic E-state index is 0.135. The van der Waals surface area contributed by atoms with E-state index in [9.17, 15) is 9.59 Å². The minimum atomic E-state index is -0.598. The van der Waals surface area contributed by atoms with Crippen LogP contribution in [0.25, 0.3) is 0 Å². The molecule has 6 nitrogen and oxygen atoms in total. The minimum Gasteiger partial charge on any atom is -0.348 e. The van der Waals surface area contributed by atoms with Crippen molar-refractivity contribution in [3.63, 3.8) is 0 Å². The fourth-order valence-electron chi connectivity index (χ4n) is 3.59. The molecule has 0 spiro atoms. The third kappa shape index (κ3) is 5.32. The number of carbonyl (C=O) groups is 2. The first-order chi connectivity index (χ1) is 13.5. The van der Waals surface area contributed by atoms with Gasteiger partial charge in [0.2, 0.25) is 0 Å². The van der Waals surface area contributed by atoms with Crippen molar-refractivity contribution in [3.8, 4) is 0 Å². The lowest BCUT2D eigenvalue weighted by atomic mass is 9.97. The predicted octanol–water partition coefficient (Wildman–Crippen LogP) is 3.27. The van der Waals surface area contributed by atoms with Crippen LogP contribution in [0.4, 0.5) is 0 Å². The lowest BCUT2D eigenvalue weighted by molar-refractivity contribution is -0.139. The van der Waals surface area contributed by atoms with Gasteiger partial charge in [-0.15, -0.1) is 0 Å². The highest BCUT2D eigenvalue weighted by Crippen LogP contribution is 2.22. The Morgan fingerprint density at radius 2 is 2.07 bits per heavy atom. The van der Waals surface area contributed by atoms with Crippen molar-refractivity contribution in [1.82, 2.24) is 20.4 Å². The highest BCUT2D eigenvalue weighted by Gasteiger charge is 2.21. The Bertz CT molecular complexity index is 839. The van der Waals surface area contributed by atoms with E-state index in [4.69, 9.17) is 0 Å². The summed E-state index contributed by atoms with van der Waals surface area (Å²) in [6.07, 6.45) is 7.78. The molecular formula is C21H28N4O2S. The quantitative estimate of drug-likeness (QED) is 0.553. The van der Waals surface area contributed by atoms with Crippen molar-refractivity contribution in [3.05, 3.63) is 51.5 Å². The molecule has 2 heterocycles. The molecule has 2 aromatic rings. The van der Waals surface area contributed by atoms with Crippen LogP contribution in [0.5, 0.6) is 0 Å². The van der Waals surface area contributed by atoms with Gasteiger partial charge < -0.3 is 10.6 Å². The lowest BCUT2D eigenvalue weighted by Gasteiger charge is -2.19. The van der Waals surface area contributed by atoms with Crippen LogP contribution in [0.1, 0.15) is 55.1 Å². The number of nitrogens with one attached hydrogen (secondary N) is 2. The summed E-state index contributed by atoms with van der Waals surface area (Å²) in [7, 11) is 0. The van der Waals surface area contributed by atoms with Crippen LogP contribution in [0.2, 0.25) is 0 Å². The van der Waals surface area contributed by atoms with E-state index >= 15 is 0 Å². The zero-order valence-corrected chi connectivity index (χ0v) is 17.3. The number of allylic oxidation sites excluding steroid dienone is 1. The van der Waals surface area contributed by atoms with E-state index < -0.39 is 11.8 Å². The van der Waals surface area contributed by atoms with Crippen LogP contribution in [0.3, 0.4) is 0 Å². The second kappa shape index (κ2) is 9.68. The van der Waals surface area contributed by atoms with E-state index in [2.05, 4.69) is 21.8 Å². The molecule has 2 N–H and O–H groups in total. The van der Waals surface area contributed by atoms with Crippen molar-refractivity contribution in [1.29, 1.82) is 0 Å². The van der Waals surface area contributed by atoms with Crippen molar-refractivity contribution in [2.45, 2.75) is 52.0 Å². The summed E-state index contributed by atoms with van der Waals surface area (Å²) < 4.78 is 1.91. The van der Waals surface area contributed by atoms with Crippen LogP contribution < -0.4 is 10.6 Å². The van der Waals surface area contributed by atoms with E-state index in [1.807, 2.05) is 41.4 Å². The molecule has 0 saturated heterocycles. The molecule has 0 fully saturated rings. The number of rotatable bonds is 7. The Kier molecular flexibility index (Phi) is 7.03. The standard InChI is InChI=1S/C21H28N4O2S/c1-15-12-16(2)25(24-15)19(18-9-11-28-14-18)13-23-21(27)20(26)22-10-8-17-6-4-3-5-7-17/h6,9,11-12,14,19H,3-5,7-8,10,13H2,1-2H3,(H,22,26)(H,23,27)/t19-/m0/s1. The summed E-state index contributed by atoms with van der Waals surface area (Å²) in [6.45, 7) is 4.76. The second-order valence-corrected chi connectivity index (χ2v) is 8.05. The molecular weight excluding hydrogens is 372 g/mol. The number of nitrogens with zero attached hydrogens (tertiary/aromatic N) is 2. The molecule has 0 unspecified atom stereocenters. The van der Waals surface area contributed by atoms with E-state index in [-0.39, 0.29) is 6.04 Å². The van der Waals surface area contributed by atoms with Gasteiger partial charge in [-0.2, -0.15) is 16.4 Å². The van der Waals surface area contributed by atoms with E-state index in [0.717, 1.165) is 36.2 Å². The second-order valence-electron chi connectivity index (χ2n) is 7.27. The Morgan fingerprint density at radius 3 is 2.71 bits per heavy atom. The third-order valence-corrected chi connectivity index (χ3v) is 5.75. The predicted molar refractivity (Wildman–Crippen MR) is 111 cm³/mol. The van der Waals surface area contributed by atoms with Gasteiger partial charge >= 0.3 is 11.8 Å². The zero-order chi connectivity index (χ0) is 19.9. The van der Waals surface area contributed by atoms with Gasteiger partial charge in [-0.3, -0.25) is 14.3 Å². The molecule has 1 aliphatic rings. The van der Waals surface area contributed by atoms with Crippen LogP contribution >= 0.6 is 11.3 Å². The first kappa shape index (κ1) is 20.3. The molecule has 150 valence electrons. The summed E-state index contributed by atoms with van der Waals surface area (Å²) >= 11 is 1.60. The Morgan fingerprint density at radius 1 is 1.25 bits per heavy atom. The zero-order valence-electron chi connectivity index (χ0n) is 16.5. The maximum absolute atomic E-state index is 12.3. The van der Waals surface area contributed by atoms with E-state index in [0.29, 0.717) is 13.1 Å². The van der Waals surface area contributed by atoms with Crippen molar-refractivity contribution in [2.75, 3.05) is 13.1 Å². The maximum atomic E-state index is 12.3.